The smallest absolute Gasteiger partial charge is 0.339 e. The van der Waals surface area contributed by atoms with E-state index in [4.69, 9.17) is 5.11 Å². The summed E-state index contributed by atoms with van der Waals surface area (Å²) in [6.45, 7) is 1.92. The number of aryl methyl sites for hydroxylation is 1. The van der Waals surface area contributed by atoms with E-state index in [1.54, 1.807) is 30.3 Å². The van der Waals surface area contributed by atoms with Crippen molar-refractivity contribution in [2.24, 2.45) is 0 Å². The monoisotopic (exact) mass is 436 g/mol. The van der Waals surface area contributed by atoms with Crippen molar-refractivity contribution >= 4 is 40.9 Å². The zero-order valence-electron chi connectivity index (χ0n) is 16.6. The molecule has 31 heavy (non-hydrogen) atoms. The molecule has 0 fully saturated rings. The van der Waals surface area contributed by atoms with Gasteiger partial charge in [0.1, 0.15) is 11.3 Å². The third-order valence-corrected chi connectivity index (χ3v) is 5.25. The van der Waals surface area contributed by atoms with Crippen molar-refractivity contribution in [2.45, 2.75) is 11.8 Å². The number of anilines is 2. The molecular weight excluding hydrogens is 416 g/mol. The van der Waals surface area contributed by atoms with E-state index in [-0.39, 0.29) is 34.6 Å². The van der Waals surface area contributed by atoms with Crippen LogP contribution in [0.5, 0.6) is 5.75 Å². The third kappa shape index (κ3) is 6.10. The molecule has 158 valence electrons. The minimum atomic E-state index is -1.28. The first-order valence-electron chi connectivity index (χ1n) is 9.29. The summed E-state index contributed by atoms with van der Waals surface area (Å²) in [5.74, 6) is -2.12. The van der Waals surface area contributed by atoms with E-state index in [0.29, 0.717) is 11.3 Å². The predicted molar refractivity (Wildman–Crippen MR) is 120 cm³/mol. The Bertz CT molecular complexity index is 1150. The van der Waals surface area contributed by atoms with Gasteiger partial charge in [-0.2, -0.15) is 0 Å². The summed E-state index contributed by atoms with van der Waals surface area (Å²) in [4.78, 5) is 36.5. The molecule has 3 aromatic rings. The molecule has 2 amide bonds. The second kappa shape index (κ2) is 9.82. The lowest BCUT2D eigenvalue weighted by Gasteiger charge is -2.09. The summed E-state index contributed by atoms with van der Waals surface area (Å²) < 4.78 is 0. The fraction of sp³-hybridized carbons (Fsp3) is 0.0870. The Kier molecular flexibility index (Phi) is 6.94. The van der Waals surface area contributed by atoms with Crippen LogP contribution >= 0.6 is 11.8 Å². The average molecular weight is 436 g/mol. The molecule has 3 rings (SSSR count). The molecule has 0 aliphatic heterocycles. The molecule has 0 unspecified atom stereocenters. The van der Waals surface area contributed by atoms with Crippen LogP contribution in [0.4, 0.5) is 11.4 Å². The van der Waals surface area contributed by atoms with Gasteiger partial charge in [-0.15, -0.1) is 11.8 Å². The second-order valence-electron chi connectivity index (χ2n) is 6.73. The number of hydrogen-bond donors (Lipinski definition) is 4. The van der Waals surface area contributed by atoms with Gasteiger partial charge in [0.15, 0.2) is 0 Å². The maximum Gasteiger partial charge on any atom is 0.339 e. The van der Waals surface area contributed by atoms with E-state index in [0.717, 1.165) is 10.5 Å². The number of nitrogens with one attached hydrogen (secondary N) is 2. The Morgan fingerprint density at radius 2 is 1.65 bits per heavy atom. The largest absolute Gasteiger partial charge is 0.507 e. The third-order valence-electron chi connectivity index (χ3n) is 4.25. The number of phenols is 1. The van der Waals surface area contributed by atoms with E-state index < -0.39 is 5.97 Å². The molecule has 0 aromatic heterocycles. The molecule has 0 heterocycles. The van der Waals surface area contributed by atoms with Gasteiger partial charge in [-0.1, -0.05) is 23.8 Å². The predicted octanol–water partition coefficient (Wildman–Crippen LogP) is 4.38. The number of aromatic carboxylic acids is 1. The van der Waals surface area contributed by atoms with Gasteiger partial charge >= 0.3 is 5.97 Å². The first kappa shape index (κ1) is 21.9. The number of amides is 2. The van der Waals surface area contributed by atoms with E-state index in [1.165, 1.54) is 30.0 Å². The van der Waals surface area contributed by atoms with Gasteiger partial charge in [0.05, 0.1) is 5.75 Å². The standard InChI is InChI=1S/C23H20N2O5S/c1-14-4-2-5-15(10-14)22(28)25-16-6-3-7-18(11-16)31-13-21(27)24-17-8-9-20(26)19(12-17)23(29)30/h2-12,26H,13H2,1H3,(H,24,27)(H,25,28)(H,29,30). The van der Waals surface area contributed by atoms with Gasteiger partial charge in [0, 0.05) is 21.8 Å². The molecule has 8 heteroatoms. The van der Waals surface area contributed by atoms with Gasteiger partial charge in [0.2, 0.25) is 5.91 Å². The van der Waals surface area contributed by atoms with Gasteiger partial charge in [-0.3, -0.25) is 9.59 Å². The lowest BCUT2D eigenvalue weighted by molar-refractivity contribution is -0.113. The van der Waals surface area contributed by atoms with E-state index >= 15 is 0 Å². The molecule has 4 N–H and O–H groups in total. The highest BCUT2D eigenvalue weighted by molar-refractivity contribution is 8.00. The molecule has 3 aromatic carbocycles. The van der Waals surface area contributed by atoms with E-state index in [2.05, 4.69) is 10.6 Å². The normalized spacial score (nSPS) is 10.4. The summed E-state index contributed by atoms with van der Waals surface area (Å²) in [7, 11) is 0. The number of thioether (sulfide) groups is 1. The van der Waals surface area contributed by atoms with Gasteiger partial charge in [0.25, 0.3) is 5.91 Å². The van der Waals surface area contributed by atoms with Crippen molar-refractivity contribution in [1.29, 1.82) is 0 Å². The maximum atomic E-state index is 12.4. The zero-order chi connectivity index (χ0) is 22.4. The van der Waals surface area contributed by atoms with Crippen LogP contribution in [0.3, 0.4) is 0 Å². The van der Waals surface area contributed by atoms with Crippen LogP contribution in [-0.2, 0) is 4.79 Å². The fourth-order valence-corrected chi connectivity index (χ4v) is 3.54. The van der Waals surface area contributed by atoms with Gasteiger partial charge in [-0.05, 0) is 55.5 Å². The molecular formula is C23H20N2O5S. The lowest BCUT2D eigenvalue weighted by Crippen LogP contribution is -2.14. The van der Waals surface area contributed by atoms with Crippen LogP contribution < -0.4 is 10.6 Å². The highest BCUT2D eigenvalue weighted by Gasteiger charge is 2.12. The topological polar surface area (TPSA) is 116 Å². The fourth-order valence-electron chi connectivity index (χ4n) is 2.78. The number of benzene rings is 3. The number of aromatic hydroxyl groups is 1. The average Bonchev–Trinajstić information content (AvgIpc) is 2.74. The summed E-state index contributed by atoms with van der Waals surface area (Å²) in [5.41, 5.74) is 2.16. The second-order valence-corrected chi connectivity index (χ2v) is 7.77. The Morgan fingerprint density at radius 3 is 2.39 bits per heavy atom. The van der Waals surface area contributed by atoms with E-state index in [9.17, 15) is 19.5 Å². The summed E-state index contributed by atoms with van der Waals surface area (Å²) >= 11 is 1.27. The summed E-state index contributed by atoms with van der Waals surface area (Å²) in [5, 5.41) is 24.0. The number of rotatable bonds is 7. The Hall–Kier alpha value is -3.78. The van der Waals surface area contributed by atoms with Crippen molar-refractivity contribution in [3.63, 3.8) is 0 Å². The van der Waals surface area contributed by atoms with Crippen molar-refractivity contribution in [1.82, 2.24) is 0 Å². The Morgan fingerprint density at radius 1 is 0.903 bits per heavy atom. The molecule has 7 nitrogen and oxygen atoms in total. The maximum absolute atomic E-state index is 12.4. The van der Waals surface area contributed by atoms with Crippen LogP contribution in [0, 0.1) is 6.92 Å². The van der Waals surface area contributed by atoms with Crippen LogP contribution in [0.2, 0.25) is 0 Å². The van der Waals surface area contributed by atoms with Crippen LogP contribution in [0.1, 0.15) is 26.3 Å². The zero-order valence-corrected chi connectivity index (χ0v) is 17.4. The van der Waals surface area contributed by atoms with Crippen LogP contribution in [0.15, 0.2) is 71.6 Å². The molecule has 0 saturated carbocycles. The number of carbonyl (C=O) groups excluding carboxylic acids is 2. The quantitative estimate of drug-likeness (QED) is 0.323. The Balaban J connectivity index is 1.58. The molecule has 0 saturated heterocycles. The van der Waals surface area contributed by atoms with Crippen molar-refractivity contribution in [2.75, 3.05) is 16.4 Å². The number of carboxylic acids is 1. The number of carbonyl (C=O) groups is 3. The first-order valence-corrected chi connectivity index (χ1v) is 10.3. The van der Waals surface area contributed by atoms with Crippen molar-refractivity contribution in [3.8, 4) is 5.75 Å². The molecule has 0 atom stereocenters. The first-order chi connectivity index (χ1) is 14.8. The van der Waals surface area contributed by atoms with Gasteiger partial charge in [-0.25, -0.2) is 4.79 Å². The minimum Gasteiger partial charge on any atom is -0.507 e. The SMILES string of the molecule is Cc1cccc(C(=O)Nc2cccc(SCC(=O)Nc3ccc(O)c(C(=O)O)c3)c2)c1. The summed E-state index contributed by atoms with van der Waals surface area (Å²) in [6.07, 6.45) is 0. The highest BCUT2D eigenvalue weighted by atomic mass is 32.2. The minimum absolute atomic E-state index is 0.0819. The van der Waals surface area contributed by atoms with Crippen LogP contribution in [-0.4, -0.2) is 33.7 Å². The lowest BCUT2D eigenvalue weighted by atomic mass is 10.1. The molecule has 0 aliphatic carbocycles. The molecule has 0 spiro atoms. The highest BCUT2D eigenvalue weighted by Crippen LogP contribution is 2.24. The van der Waals surface area contributed by atoms with Gasteiger partial charge < -0.3 is 20.8 Å². The molecule has 0 aliphatic rings. The van der Waals surface area contributed by atoms with E-state index in [1.807, 2.05) is 25.1 Å². The van der Waals surface area contributed by atoms with Crippen molar-refractivity contribution < 1.29 is 24.6 Å². The van der Waals surface area contributed by atoms with Crippen molar-refractivity contribution in [3.05, 3.63) is 83.4 Å². The number of hydrogen-bond acceptors (Lipinski definition) is 5. The molecule has 0 bridgehead atoms. The summed E-state index contributed by atoms with van der Waals surface area (Å²) in [6, 6.07) is 18.3. The molecule has 0 radical (unpaired) electrons. The van der Waals surface area contributed by atoms with Crippen LogP contribution in [0.25, 0.3) is 0 Å². The Labute approximate surface area is 183 Å². The number of carboxylic acid groups (broad SMARTS) is 1.